The molecule has 0 saturated carbocycles. The number of amides is 1. The number of alkyl halides is 1. The van der Waals surface area contributed by atoms with Crippen molar-refractivity contribution in [2.24, 2.45) is 0 Å². The zero-order valence-corrected chi connectivity index (χ0v) is 17.6. The molecule has 3 rings (SSSR count). The summed E-state index contributed by atoms with van der Waals surface area (Å²) in [5, 5.41) is 16.5. The second kappa shape index (κ2) is 10.8. The van der Waals surface area contributed by atoms with Gasteiger partial charge in [0.1, 0.15) is 11.6 Å². The Labute approximate surface area is 180 Å². The first-order chi connectivity index (χ1) is 14.9. The fourth-order valence-corrected chi connectivity index (χ4v) is 4.20. The lowest BCUT2D eigenvalue weighted by Gasteiger charge is -2.30. The third kappa shape index (κ3) is 6.31. The van der Waals surface area contributed by atoms with Crippen LogP contribution in [0.3, 0.4) is 0 Å². The number of fused-ring (bicyclic) bond motifs is 1. The van der Waals surface area contributed by atoms with E-state index in [1.807, 2.05) is 0 Å². The van der Waals surface area contributed by atoms with Gasteiger partial charge in [-0.3, -0.25) is 4.79 Å². The number of aliphatic hydroxyl groups is 1. The van der Waals surface area contributed by atoms with Crippen LogP contribution in [0.5, 0.6) is 0 Å². The van der Waals surface area contributed by atoms with E-state index < -0.39 is 36.4 Å². The van der Waals surface area contributed by atoms with Crippen molar-refractivity contribution in [2.75, 3.05) is 13.2 Å². The van der Waals surface area contributed by atoms with Crippen LogP contribution >= 0.6 is 0 Å². The molecule has 1 aliphatic rings. The Hall–Kier alpha value is -2.38. The van der Waals surface area contributed by atoms with Gasteiger partial charge in [0.15, 0.2) is 6.67 Å². The summed E-state index contributed by atoms with van der Waals surface area (Å²) in [4.78, 5) is 11.6. The number of nitrogens with one attached hydrogen (secondary N) is 2. The third-order valence-corrected chi connectivity index (χ3v) is 5.82. The van der Waals surface area contributed by atoms with Crippen LogP contribution in [0.15, 0.2) is 36.4 Å². The molecule has 0 bridgehead atoms. The largest absolute Gasteiger partial charge is 0.390 e. The zero-order chi connectivity index (χ0) is 22.4. The molecule has 2 aromatic carbocycles. The number of carbonyl (C=O) groups excluding carboxylic acids is 1. The van der Waals surface area contributed by atoms with Crippen molar-refractivity contribution < 1.29 is 23.1 Å². The zero-order valence-electron chi connectivity index (χ0n) is 17.6. The van der Waals surface area contributed by atoms with Crippen LogP contribution < -0.4 is 10.6 Å². The topological polar surface area (TPSA) is 61.4 Å². The molecule has 4 nitrogen and oxygen atoms in total. The Kier molecular flexibility index (Phi) is 8.09. The van der Waals surface area contributed by atoms with Crippen molar-refractivity contribution in [3.05, 3.63) is 70.3 Å². The fraction of sp³-hybridized carbons (Fsp3) is 0.458. The molecule has 168 valence electrons. The van der Waals surface area contributed by atoms with Crippen molar-refractivity contribution in [1.82, 2.24) is 10.6 Å². The molecule has 7 heteroatoms. The lowest BCUT2D eigenvalue weighted by molar-refractivity contribution is -0.123. The van der Waals surface area contributed by atoms with Crippen molar-refractivity contribution in [3.63, 3.8) is 0 Å². The maximum absolute atomic E-state index is 13.5. The number of aryl methyl sites for hydroxylation is 2. The van der Waals surface area contributed by atoms with E-state index in [4.69, 9.17) is 0 Å². The summed E-state index contributed by atoms with van der Waals surface area (Å²) in [6, 6.07) is 8.69. The molecule has 0 heterocycles. The van der Waals surface area contributed by atoms with E-state index in [1.54, 1.807) is 0 Å². The molecule has 3 N–H and O–H groups in total. The van der Waals surface area contributed by atoms with E-state index in [1.165, 1.54) is 16.7 Å². The molecular formula is C24H29F3N2O2. The Bertz CT molecular complexity index is 886. The average Bonchev–Trinajstić information content (AvgIpc) is 2.75. The predicted octanol–water partition coefficient (Wildman–Crippen LogP) is 3.55. The molecule has 1 amide bonds. The number of carbonyl (C=O) groups is 1. The Morgan fingerprint density at radius 3 is 2.58 bits per heavy atom. The van der Waals surface area contributed by atoms with Gasteiger partial charge in [-0.2, -0.15) is 0 Å². The van der Waals surface area contributed by atoms with Gasteiger partial charge in [-0.05, 0) is 66.5 Å². The van der Waals surface area contributed by atoms with Gasteiger partial charge in [0, 0.05) is 18.7 Å². The molecule has 2 aromatic rings. The fourth-order valence-electron chi connectivity index (χ4n) is 4.20. The van der Waals surface area contributed by atoms with Crippen molar-refractivity contribution in [1.29, 1.82) is 0 Å². The first-order valence-electron chi connectivity index (χ1n) is 10.7. The number of halogens is 3. The minimum atomic E-state index is -1.23. The lowest BCUT2D eigenvalue weighted by Crippen LogP contribution is -2.49. The van der Waals surface area contributed by atoms with Gasteiger partial charge in [0.25, 0.3) is 5.91 Å². The molecule has 0 spiro atoms. The number of benzene rings is 2. The average molecular weight is 435 g/mol. The van der Waals surface area contributed by atoms with Crippen LogP contribution in [-0.4, -0.2) is 36.4 Å². The molecule has 2 unspecified atom stereocenters. The summed E-state index contributed by atoms with van der Waals surface area (Å²) >= 11 is 0. The van der Waals surface area contributed by atoms with Gasteiger partial charge in [0.05, 0.1) is 12.1 Å². The summed E-state index contributed by atoms with van der Waals surface area (Å²) in [6.07, 6.45) is 2.80. The maximum Gasteiger partial charge on any atom is 0.251 e. The minimum absolute atomic E-state index is 0.0233. The lowest BCUT2D eigenvalue weighted by atomic mass is 9.86. The molecule has 0 fully saturated rings. The number of hydrogen-bond donors (Lipinski definition) is 3. The highest BCUT2D eigenvalue weighted by Gasteiger charge is 2.25. The molecule has 31 heavy (non-hydrogen) atoms. The maximum atomic E-state index is 13.5. The molecular weight excluding hydrogens is 405 g/mol. The minimum Gasteiger partial charge on any atom is -0.390 e. The highest BCUT2D eigenvalue weighted by molar-refractivity contribution is 5.77. The summed E-state index contributed by atoms with van der Waals surface area (Å²) in [5.41, 5.74) is 4.02. The van der Waals surface area contributed by atoms with Crippen LogP contribution in [0.2, 0.25) is 0 Å². The molecule has 0 aromatic heterocycles. The summed E-state index contributed by atoms with van der Waals surface area (Å²) in [5.74, 6) is -2.37. The summed E-state index contributed by atoms with van der Waals surface area (Å²) < 4.78 is 39.8. The molecule has 0 saturated heterocycles. The first kappa shape index (κ1) is 23.3. The molecule has 0 aliphatic heterocycles. The third-order valence-electron chi connectivity index (χ3n) is 5.82. The van der Waals surface area contributed by atoms with Crippen molar-refractivity contribution in [3.8, 4) is 0 Å². The summed E-state index contributed by atoms with van der Waals surface area (Å²) in [7, 11) is 0. The smallest absolute Gasteiger partial charge is 0.251 e. The van der Waals surface area contributed by atoms with Crippen molar-refractivity contribution in [2.45, 2.75) is 57.2 Å². The number of hydrogen-bond acceptors (Lipinski definition) is 3. The Morgan fingerprint density at radius 2 is 1.90 bits per heavy atom. The van der Waals surface area contributed by atoms with E-state index in [9.17, 15) is 23.1 Å². The van der Waals surface area contributed by atoms with Crippen LogP contribution in [-0.2, 0) is 24.1 Å². The van der Waals surface area contributed by atoms with Crippen LogP contribution in [0.25, 0.3) is 0 Å². The van der Waals surface area contributed by atoms with E-state index in [0.29, 0.717) is 0 Å². The molecule has 1 aliphatic carbocycles. The normalized spacial score (nSPS) is 17.6. The quantitative estimate of drug-likeness (QED) is 0.566. The number of aliphatic hydroxyl groups excluding tert-OH is 1. The molecule has 3 atom stereocenters. The van der Waals surface area contributed by atoms with Gasteiger partial charge < -0.3 is 15.7 Å². The Morgan fingerprint density at radius 1 is 1.16 bits per heavy atom. The highest BCUT2D eigenvalue weighted by atomic mass is 19.1. The van der Waals surface area contributed by atoms with Crippen LogP contribution in [0.1, 0.15) is 48.1 Å². The number of rotatable bonds is 9. The van der Waals surface area contributed by atoms with Gasteiger partial charge >= 0.3 is 0 Å². The standard InChI is InChI=1S/C24H29F3N2O2/c1-2-15-6-7-17-4-3-5-21(20(17)10-15)28-14-23(30)22(29-24(31)13-25)11-16-8-18(26)12-19(27)9-16/h6-10,12,21-23,28,30H,2-5,11,13-14H2,1H3,(H,29,31)/t21-,22?,23?/m0/s1. The van der Waals surface area contributed by atoms with Crippen LogP contribution in [0, 0.1) is 11.6 Å². The second-order valence-electron chi connectivity index (χ2n) is 8.10. The predicted molar refractivity (Wildman–Crippen MR) is 113 cm³/mol. The first-order valence-corrected chi connectivity index (χ1v) is 10.7. The van der Waals surface area contributed by atoms with Crippen LogP contribution in [0.4, 0.5) is 13.2 Å². The highest BCUT2D eigenvalue weighted by Crippen LogP contribution is 2.30. The van der Waals surface area contributed by atoms with Crippen molar-refractivity contribution >= 4 is 5.91 Å². The SMILES string of the molecule is CCc1ccc2c(c1)[C@@H](NCC(O)C(Cc1cc(F)cc(F)c1)NC(=O)CF)CCC2. The van der Waals surface area contributed by atoms with E-state index in [2.05, 4.69) is 35.8 Å². The Balaban J connectivity index is 1.70. The van der Waals surface area contributed by atoms with E-state index in [-0.39, 0.29) is 24.6 Å². The second-order valence-corrected chi connectivity index (χ2v) is 8.10. The van der Waals surface area contributed by atoms with E-state index >= 15 is 0 Å². The van der Waals surface area contributed by atoms with Gasteiger partial charge in [-0.1, -0.05) is 25.1 Å². The summed E-state index contributed by atoms with van der Waals surface area (Å²) in [6.45, 7) is 1.02. The van der Waals surface area contributed by atoms with Gasteiger partial charge in [-0.15, -0.1) is 0 Å². The van der Waals surface area contributed by atoms with Gasteiger partial charge in [-0.25, -0.2) is 13.2 Å². The molecule has 0 radical (unpaired) electrons. The van der Waals surface area contributed by atoms with Gasteiger partial charge in [0.2, 0.25) is 0 Å². The van der Waals surface area contributed by atoms with E-state index in [0.717, 1.165) is 43.9 Å². The monoisotopic (exact) mass is 434 g/mol.